The molecule has 1 fully saturated rings. The molecule has 0 bridgehead atoms. The Kier molecular flexibility index (Phi) is 4.58. The first kappa shape index (κ1) is 14.1. The minimum Gasteiger partial charge on any atom is -0.475 e. The number of rotatable bonds is 5. The second-order valence-corrected chi connectivity index (χ2v) is 5.57. The summed E-state index contributed by atoms with van der Waals surface area (Å²) in [6.07, 6.45) is 3.66. The van der Waals surface area contributed by atoms with Gasteiger partial charge < -0.3 is 15.8 Å². The molecule has 2 unspecified atom stereocenters. The van der Waals surface area contributed by atoms with E-state index < -0.39 is 0 Å². The molecule has 2 atom stereocenters. The molecule has 1 aromatic rings. The van der Waals surface area contributed by atoms with E-state index in [1.54, 1.807) is 0 Å². The van der Waals surface area contributed by atoms with Gasteiger partial charge >= 0.3 is 0 Å². The average Bonchev–Trinajstić information content (AvgIpc) is 2.70. The number of hydrogen-bond acceptors (Lipinski definition) is 5. The zero-order chi connectivity index (χ0) is 13.8. The molecule has 0 spiro atoms. The molecule has 5 nitrogen and oxygen atoms in total. The second kappa shape index (κ2) is 6.19. The van der Waals surface area contributed by atoms with Gasteiger partial charge in [-0.3, -0.25) is 0 Å². The van der Waals surface area contributed by atoms with Crippen LogP contribution >= 0.6 is 0 Å². The molecule has 1 aliphatic carbocycles. The topological polar surface area (TPSA) is 73.1 Å². The first-order valence-electron chi connectivity index (χ1n) is 7.06. The molecular formula is C14H24N4O. The number of anilines is 1. The number of ether oxygens (including phenoxy) is 1. The van der Waals surface area contributed by atoms with Crippen LogP contribution < -0.4 is 15.8 Å². The van der Waals surface area contributed by atoms with Crippen molar-refractivity contribution in [3.63, 3.8) is 0 Å². The number of aromatic nitrogens is 2. The van der Waals surface area contributed by atoms with Crippen molar-refractivity contribution in [1.29, 1.82) is 0 Å². The Morgan fingerprint density at radius 2 is 2.21 bits per heavy atom. The van der Waals surface area contributed by atoms with Gasteiger partial charge in [-0.15, -0.1) is 0 Å². The van der Waals surface area contributed by atoms with Crippen molar-refractivity contribution in [2.45, 2.75) is 52.2 Å². The number of nitrogens with two attached hydrogens (primary N) is 1. The maximum atomic E-state index is 6.06. The van der Waals surface area contributed by atoms with Crippen molar-refractivity contribution in [3.05, 3.63) is 11.8 Å². The van der Waals surface area contributed by atoms with Crippen LogP contribution in [0.3, 0.4) is 0 Å². The zero-order valence-electron chi connectivity index (χ0n) is 12.0. The van der Waals surface area contributed by atoms with Crippen LogP contribution in [0.4, 0.5) is 5.95 Å². The van der Waals surface area contributed by atoms with E-state index in [4.69, 9.17) is 10.5 Å². The molecule has 1 aliphatic rings. The van der Waals surface area contributed by atoms with Gasteiger partial charge in [-0.25, -0.2) is 4.98 Å². The molecule has 0 saturated heterocycles. The van der Waals surface area contributed by atoms with E-state index in [0.29, 0.717) is 23.8 Å². The molecule has 0 amide bonds. The van der Waals surface area contributed by atoms with Crippen LogP contribution in [0.15, 0.2) is 6.07 Å². The summed E-state index contributed by atoms with van der Waals surface area (Å²) >= 11 is 0. The summed E-state index contributed by atoms with van der Waals surface area (Å²) in [4.78, 5) is 8.76. The minimum atomic E-state index is 0.116. The fraction of sp³-hybridized carbons (Fsp3) is 0.714. The molecule has 1 aromatic heterocycles. The molecular weight excluding hydrogens is 240 g/mol. The Hall–Kier alpha value is -1.36. The van der Waals surface area contributed by atoms with Gasteiger partial charge in [0.15, 0.2) is 0 Å². The predicted molar refractivity (Wildman–Crippen MR) is 76.3 cm³/mol. The Bertz CT molecular complexity index is 422. The van der Waals surface area contributed by atoms with E-state index in [2.05, 4.69) is 15.3 Å². The first-order chi connectivity index (χ1) is 9.04. The van der Waals surface area contributed by atoms with Crippen molar-refractivity contribution in [3.8, 4) is 5.88 Å². The predicted octanol–water partition coefficient (Wildman–Crippen LogP) is 2.11. The van der Waals surface area contributed by atoms with Crippen LogP contribution in [0, 0.1) is 12.8 Å². The summed E-state index contributed by atoms with van der Waals surface area (Å²) < 4.78 is 5.61. The maximum Gasteiger partial charge on any atom is 0.226 e. The summed E-state index contributed by atoms with van der Waals surface area (Å²) in [6.45, 7) is 6.76. The Balaban J connectivity index is 1.97. The van der Waals surface area contributed by atoms with Gasteiger partial charge in [0.2, 0.25) is 11.8 Å². The van der Waals surface area contributed by atoms with Gasteiger partial charge in [0.05, 0.1) is 6.10 Å². The lowest BCUT2D eigenvalue weighted by atomic mass is 10.1. The number of hydrogen-bond donors (Lipinski definition) is 2. The normalized spacial score (nSPS) is 22.8. The summed E-state index contributed by atoms with van der Waals surface area (Å²) in [5.74, 6) is 1.79. The fourth-order valence-electron chi connectivity index (χ4n) is 2.46. The van der Waals surface area contributed by atoms with Gasteiger partial charge in [-0.2, -0.15) is 4.98 Å². The molecule has 0 aliphatic heterocycles. The smallest absolute Gasteiger partial charge is 0.226 e. The summed E-state index contributed by atoms with van der Waals surface area (Å²) in [5.41, 5.74) is 6.97. The van der Waals surface area contributed by atoms with Gasteiger partial charge in [0.1, 0.15) is 0 Å². The maximum absolute atomic E-state index is 6.06. The third kappa shape index (κ3) is 4.06. The highest BCUT2D eigenvalue weighted by atomic mass is 16.5. The van der Waals surface area contributed by atoms with E-state index in [-0.39, 0.29) is 6.10 Å². The molecule has 5 heteroatoms. The van der Waals surface area contributed by atoms with E-state index in [1.807, 2.05) is 26.8 Å². The molecule has 1 heterocycles. The summed E-state index contributed by atoms with van der Waals surface area (Å²) in [7, 11) is 0. The lowest BCUT2D eigenvalue weighted by Gasteiger charge is -2.16. The monoisotopic (exact) mass is 264 g/mol. The molecule has 3 N–H and O–H groups in total. The first-order valence-corrected chi connectivity index (χ1v) is 7.06. The summed E-state index contributed by atoms with van der Waals surface area (Å²) in [5, 5.41) is 3.29. The molecule has 0 aromatic carbocycles. The largest absolute Gasteiger partial charge is 0.475 e. The Labute approximate surface area is 115 Å². The van der Waals surface area contributed by atoms with Crippen molar-refractivity contribution < 1.29 is 4.74 Å². The highest BCUT2D eigenvalue weighted by Crippen LogP contribution is 2.24. The standard InChI is InChI=1S/C14H24N4O/c1-9(2)19-13-7-10(3)17-14(18-13)16-8-11-5-4-6-12(11)15/h7,9,11-12H,4-6,8,15H2,1-3H3,(H,16,17,18). The van der Waals surface area contributed by atoms with E-state index >= 15 is 0 Å². The van der Waals surface area contributed by atoms with Gasteiger partial charge in [0, 0.05) is 24.3 Å². The Morgan fingerprint density at radius 3 is 2.84 bits per heavy atom. The van der Waals surface area contributed by atoms with Crippen molar-refractivity contribution >= 4 is 5.95 Å². The second-order valence-electron chi connectivity index (χ2n) is 5.57. The number of nitrogens with one attached hydrogen (secondary N) is 1. The minimum absolute atomic E-state index is 0.116. The van der Waals surface area contributed by atoms with Gasteiger partial charge in [0.25, 0.3) is 0 Å². The van der Waals surface area contributed by atoms with Gasteiger partial charge in [-0.05, 0) is 39.5 Å². The van der Waals surface area contributed by atoms with Crippen LogP contribution in [0.1, 0.15) is 38.8 Å². The lowest BCUT2D eigenvalue weighted by molar-refractivity contribution is 0.232. The Morgan fingerprint density at radius 1 is 1.42 bits per heavy atom. The quantitative estimate of drug-likeness (QED) is 0.852. The fourth-order valence-corrected chi connectivity index (χ4v) is 2.46. The van der Waals surface area contributed by atoms with E-state index in [9.17, 15) is 0 Å². The number of nitrogens with zero attached hydrogens (tertiary/aromatic N) is 2. The van der Waals surface area contributed by atoms with Crippen molar-refractivity contribution in [2.24, 2.45) is 11.7 Å². The van der Waals surface area contributed by atoms with Crippen LogP contribution in [-0.2, 0) is 0 Å². The molecule has 106 valence electrons. The third-order valence-electron chi connectivity index (χ3n) is 3.43. The third-order valence-corrected chi connectivity index (χ3v) is 3.43. The van der Waals surface area contributed by atoms with Gasteiger partial charge in [-0.1, -0.05) is 6.42 Å². The number of aryl methyl sites for hydroxylation is 1. The molecule has 1 saturated carbocycles. The zero-order valence-corrected chi connectivity index (χ0v) is 12.0. The van der Waals surface area contributed by atoms with E-state index in [0.717, 1.165) is 18.7 Å². The molecule has 2 rings (SSSR count). The van der Waals surface area contributed by atoms with Crippen LogP contribution in [0.5, 0.6) is 5.88 Å². The highest BCUT2D eigenvalue weighted by Gasteiger charge is 2.23. The average molecular weight is 264 g/mol. The van der Waals surface area contributed by atoms with E-state index in [1.165, 1.54) is 12.8 Å². The highest BCUT2D eigenvalue weighted by molar-refractivity contribution is 5.30. The molecule has 19 heavy (non-hydrogen) atoms. The SMILES string of the molecule is Cc1cc(OC(C)C)nc(NCC2CCCC2N)n1. The van der Waals surface area contributed by atoms with Crippen LogP contribution in [-0.4, -0.2) is 28.7 Å². The van der Waals surface area contributed by atoms with Crippen LogP contribution in [0.25, 0.3) is 0 Å². The molecule has 0 radical (unpaired) electrons. The van der Waals surface area contributed by atoms with Crippen LogP contribution in [0.2, 0.25) is 0 Å². The van der Waals surface area contributed by atoms with Crippen molar-refractivity contribution in [2.75, 3.05) is 11.9 Å². The van der Waals surface area contributed by atoms with Crippen molar-refractivity contribution in [1.82, 2.24) is 9.97 Å². The lowest BCUT2D eigenvalue weighted by Crippen LogP contribution is -2.30. The summed E-state index contributed by atoms with van der Waals surface area (Å²) in [6, 6.07) is 2.16.